The van der Waals surface area contributed by atoms with Crippen molar-refractivity contribution < 1.29 is 0 Å². The van der Waals surface area contributed by atoms with Crippen molar-refractivity contribution in [3.8, 4) is 0 Å². The van der Waals surface area contributed by atoms with E-state index in [9.17, 15) is 0 Å². The maximum absolute atomic E-state index is 2.64. The van der Waals surface area contributed by atoms with Gasteiger partial charge in [-0.1, -0.05) is 40.0 Å². The van der Waals surface area contributed by atoms with E-state index >= 15 is 0 Å². The minimum absolute atomic E-state index is 0.637. The van der Waals surface area contributed by atoms with Gasteiger partial charge in [0.2, 0.25) is 0 Å². The zero-order valence-electron chi connectivity index (χ0n) is 13.4. The van der Waals surface area contributed by atoms with Crippen LogP contribution in [0.4, 0.5) is 0 Å². The first kappa shape index (κ1) is 20.2. The van der Waals surface area contributed by atoms with E-state index in [4.69, 9.17) is 0 Å². The molecule has 0 saturated carbocycles. The van der Waals surface area contributed by atoms with Crippen LogP contribution in [0.5, 0.6) is 0 Å². The van der Waals surface area contributed by atoms with Crippen LogP contribution in [0.2, 0.25) is 14.0 Å². The fraction of sp³-hybridized carbons (Fsp3) is 1.00. The van der Waals surface area contributed by atoms with Crippen LogP contribution in [0.25, 0.3) is 0 Å². The van der Waals surface area contributed by atoms with Crippen LogP contribution < -0.4 is 0 Å². The number of unbranched alkanes of at least 4 members (excludes halogenated alkanes) is 3. The van der Waals surface area contributed by atoms with Crippen LogP contribution in [0.3, 0.4) is 0 Å². The number of hydrogen-bond acceptors (Lipinski definition) is 1. The van der Waals surface area contributed by atoms with Crippen molar-refractivity contribution >= 4 is 21.4 Å². The van der Waals surface area contributed by atoms with Crippen molar-refractivity contribution in [2.45, 2.75) is 73.3 Å². The van der Waals surface area contributed by atoms with Crippen molar-refractivity contribution in [1.82, 2.24) is 4.90 Å². The fourth-order valence-electron chi connectivity index (χ4n) is 1.48. The minimum atomic E-state index is -0.637. The Bertz CT molecular complexity index is 104. The second kappa shape index (κ2) is 16.8. The Morgan fingerprint density at radius 3 is 1.06 bits per heavy atom. The topological polar surface area (TPSA) is 3.24 Å². The van der Waals surface area contributed by atoms with Gasteiger partial charge in [0.15, 0.2) is 0 Å². The van der Waals surface area contributed by atoms with Crippen LogP contribution in [0.1, 0.15) is 59.3 Å². The Labute approximate surface area is 119 Å². The van der Waals surface area contributed by atoms with Gasteiger partial charge in [0, 0.05) is 0 Å². The molecule has 0 aliphatic carbocycles. The summed E-state index contributed by atoms with van der Waals surface area (Å²) in [5.41, 5.74) is 0. The van der Waals surface area contributed by atoms with E-state index < -0.39 is 21.4 Å². The molecule has 0 amide bonds. The second-order valence-corrected chi connectivity index (χ2v) is 15.5. The zero-order valence-corrected chi connectivity index (χ0v) is 16.7. The molecule has 0 unspecified atom stereocenters. The van der Waals surface area contributed by atoms with Crippen molar-refractivity contribution in [1.29, 1.82) is 0 Å². The number of rotatable bonds is 9. The third kappa shape index (κ3) is 22.5. The van der Waals surface area contributed by atoms with Crippen molar-refractivity contribution in [3.05, 3.63) is 0 Å². The molecule has 0 aromatic heterocycles. The Morgan fingerprint density at radius 1 is 0.647 bits per heavy atom. The normalized spacial score (nSPS) is 10.1. The molecular formula is C15H36InN. The molecule has 0 radical (unpaired) electrons. The summed E-state index contributed by atoms with van der Waals surface area (Å²) >= 11 is -0.637. The van der Waals surface area contributed by atoms with Gasteiger partial charge in [-0.25, -0.2) is 0 Å². The van der Waals surface area contributed by atoms with Gasteiger partial charge < -0.3 is 4.90 Å². The molecule has 0 rings (SSSR count). The van der Waals surface area contributed by atoms with Gasteiger partial charge in [-0.05, 0) is 38.9 Å². The third-order valence-electron chi connectivity index (χ3n) is 2.48. The Kier molecular flexibility index (Phi) is 20.0. The standard InChI is InChI=1S/C12H27N.3CH3.In/c1-4-7-10-13(11-8-5-2)12-9-6-3;;;;/h4-12H2,1-3H3;3*1H3;. The molecule has 0 spiro atoms. The molecule has 0 aliphatic rings. The molecule has 0 aromatic carbocycles. The summed E-state index contributed by atoms with van der Waals surface area (Å²) < 4.78 is 7.13. The van der Waals surface area contributed by atoms with Crippen LogP contribution in [-0.4, -0.2) is 46.0 Å². The first-order chi connectivity index (χ1) is 8.08. The number of hydrogen-bond donors (Lipinski definition) is 0. The molecule has 2 heteroatoms. The van der Waals surface area contributed by atoms with E-state index in [1.807, 2.05) is 0 Å². The molecule has 0 saturated heterocycles. The average Bonchev–Trinajstić information content (AvgIpc) is 2.27. The molecule has 0 aliphatic heterocycles. The van der Waals surface area contributed by atoms with E-state index in [1.165, 1.54) is 58.2 Å². The first-order valence-electron chi connectivity index (χ1n) is 7.80. The van der Waals surface area contributed by atoms with Gasteiger partial charge in [0.05, 0.1) is 0 Å². The SMILES string of the molecule is CCCCN(CCCC)CCCC.[CH3][In]([CH3])[CH3]. The Hall–Kier alpha value is 0.830. The first-order valence-corrected chi connectivity index (χ1v) is 17.7. The van der Waals surface area contributed by atoms with Gasteiger partial charge in [-0.3, -0.25) is 0 Å². The van der Waals surface area contributed by atoms with E-state index in [-0.39, 0.29) is 0 Å². The molecule has 0 heterocycles. The van der Waals surface area contributed by atoms with E-state index in [0.717, 1.165) is 0 Å². The molecule has 0 aromatic rings. The van der Waals surface area contributed by atoms with E-state index in [0.29, 0.717) is 0 Å². The van der Waals surface area contributed by atoms with Gasteiger partial charge in [0.25, 0.3) is 0 Å². The van der Waals surface area contributed by atoms with Crippen LogP contribution in [0.15, 0.2) is 0 Å². The van der Waals surface area contributed by atoms with Crippen LogP contribution in [0, 0.1) is 0 Å². The fourth-order valence-corrected chi connectivity index (χ4v) is 1.48. The average molecular weight is 345 g/mol. The van der Waals surface area contributed by atoms with E-state index in [2.05, 4.69) is 39.7 Å². The van der Waals surface area contributed by atoms with Gasteiger partial charge in [0.1, 0.15) is 0 Å². The van der Waals surface area contributed by atoms with Gasteiger partial charge in [-0.2, -0.15) is 0 Å². The molecule has 104 valence electrons. The molecular weight excluding hydrogens is 309 g/mol. The molecule has 17 heavy (non-hydrogen) atoms. The van der Waals surface area contributed by atoms with Gasteiger partial charge in [-0.15, -0.1) is 0 Å². The van der Waals surface area contributed by atoms with Crippen LogP contribution in [-0.2, 0) is 0 Å². The predicted molar refractivity (Wildman–Crippen MR) is 84.5 cm³/mol. The summed E-state index contributed by atoms with van der Waals surface area (Å²) in [6.45, 7) is 10.8. The summed E-state index contributed by atoms with van der Waals surface area (Å²) in [4.78, 5) is 2.64. The number of nitrogens with zero attached hydrogens (tertiary/aromatic N) is 1. The van der Waals surface area contributed by atoms with E-state index in [1.54, 1.807) is 0 Å². The Morgan fingerprint density at radius 2 is 0.882 bits per heavy atom. The van der Waals surface area contributed by atoms with Crippen molar-refractivity contribution in [2.24, 2.45) is 0 Å². The molecule has 0 atom stereocenters. The summed E-state index contributed by atoms with van der Waals surface area (Å²) in [5.74, 6) is 0. The van der Waals surface area contributed by atoms with Crippen LogP contribution >= 0.6 is 0 Å². The van der Waals surface area contributed by atoms with Crippen molar-refractivity contribution in [2.75, 3.05) is 19.6 Å². The summed E-state index contributed by atoms with van der Waals surface area (Å²) in [7, 11) is 0. The zero-order chi connectivity index (χ0) is 13.5. The second-order valence-electron chi connectivity index (χ2n) is 5.63. The predicted octanol–water partition coefficient (Wildman–Crippen LogP) is 5.06. The molecule has 0 N–H and O–H groups in total. The molecule has 1 nitrogen and oxygen atoms in total. The summed E-state index contributed by atoms with van der Waals surface area (Å²) in [6.07, 6.45) is 8.09. The summed E-state index contributed by atoms with van der Waals surface area (Å²) in [6, 6.07) is 0. The monoisotopic (exact) mass is 345 g/mol. The quantitative estimate of drug-likeness (QED) is 0.565. The Balaban J connectivity index is 0. The summed E-state index contributed by atoms with van der Waals surface area (Å²) in [5, 5.41) is 0. The molecule has 0 bridgehead atoms. The van der Waals surface area contributed by atoms with Gasteiger partial charge >= 0.3 is 35.5 Å². The third-order valence-corrected chi connectivity index (χ3v) is 2.48. The van der Waals surface area contributed by atoms with Crippen molar-refractivity contribution in [3.63, 3.8) is 0 Å². The maximum atomic E-state index is 2.64. The molecule has 0 fully saturated rings.